The molecule has 2 atom stereocenters. The number of nitrogens with zero attached hydrogens (tertiary/aromatic N) is 1. The molecule has 0 unspecified atom stereocenters. The van der Waals surface area contributed by atoms with Gasteiger partial charge >= 0.3 is 5.97 Å². The molecule has 16 heavy (non-hydrogen) atoms. The lowest BCUT2D eigenvalue weighted by atomic mass is 10.1. The Labute approximate surface area is 94.7 Å². The molecule has 0 aliphatic carbocycles. The summed E-state index contributed by atoms with van der Waals surface area (Å²) in [6, 6.07) is 0.0406. The van der Waals surface area contributed by atoms with Crippen LogP contribution < -0.4 is 5.32 Å². The second kappa shape index (κ2) is 4.31. The lowest BCUT2D eigenvalue weighted by molar-refractivity contribution is -0.136. The number of fused-ring (bicyclic) bond motifs is 1. The van der Waals surface area contributed by atoms with E-state index in [4.69, 9.17) is 5.11 Å². The fourth-order valence-corrected chi connectivity index (χ4v) is 4.20. The van der Waals surface area contributed by atoms with Gasteiger partial charge in [-0.1, -0.05) is 0 Å². The summed E-state index contributed by atoms with van der Waals surface area (Å²) in [7, 11) is -3.40. The first-order valence-electron chi connectivity index (χ1n) is 5.43. The highest BCUT2D eigenvalue weighted by Gasteiger charge is 2.42. The van der Waals surface area contributed by atoms with Crippen LogP contribution in [0.4, 0.5) is 0 Å². The molecule has 0 aromatic carbocycles. The zero-order valence-corrected chi connectivity index (χ0v) is 9.74. The second-order valence-electron chi connectivity index (χ2n) is 4.34. The number of rotatable bonds is 4. The molecule has 2 rings (SSSR count). The molecule has 7 heteroatoms. The molecule has 2 saturated heterocycles. The Bertz CT molecular complexity index is 381. The SMILES string of the molecule is O=C(O)CCS(=O)(=O)N1CC[C@H]2CNC[C@H]21. The predicted octanol–water partition coefficient (Wildman–Crippen LogP) is -0.915. The number of aliphatic carboxylic acids is 1. The van der Waals surface area contributed by atoms with Crippen LogP contribution in [0.15, 0.2) is 0 Å². The van der Waals surface area contributed by atoms with Crippen LogP contribution in [0.5, 0.6) is 0 Å². The van der Waals surface area contributed by atoms with E-state index in [1.165, 1.54) is 4.31 Å². The molecule has 0 aromatic heterocycles. The lowest BCUT2D eigenvalue weighted by Gasteiger charge is -2.22. The van der Waals surface area contributed by atoms with E-state index < -0.39 is 16.0 Å². The first-order chi connectivity index (χ1) is 7.50. The van der Waals surface area contributed by atoms with E-state index in [-0.39, 0.29) is 18.2 Å². The van der Waals surface area contributed by atoms with Crippen LogP contribution in [0.2, 0.25) is 0 Å². The fourth-order valence-electron chi connectivity index (χ4n) is 2.49. The molecule has 0 radical (unpaired) electrons. The first-order valence-corrected chi connectivity index (χ1v) is 7.03. The quantitative estimate of drug-likeness (QED) is 0.672. The first kappa shape index (κ1) is 11.8. The van der Waals surface area contributed by atoms with Crippen molar-refractivity contribution in [3.05, 3.63) is 0 Å². The predicted molar refractivity (Wildman–Crippen MR) is 57.5 cm³/mol. The minimum Gasteiger partial charge on any atom is -0.481 e. The van der Waals surface area contributed by atoms with Crippen LogP contribution in [0.25, 0.3) is 0 Å². The molecule has 0 amide bonds. The molecule has 6 nitrogen and oxygen atoms in total. The third kappa shape index (κ3) is 2.21. The lowest BCUT2D eigenvalue weighted by Crippen LogP contribution is -2.40. The van der Waals surface area contributed by atoms with Crippen LogP contribution in [0.3, 0.4) is 0 Å². The Morgan fingerprint density at radius 1 is 1.44 bits per heavy atom. The van der Waals surface area contributed by atoms with Crippen molar-refractivity contribution < 1.29 is 18.3 Å². The van der Waals surface area contributed by atoms with E-state index in [9.17, 15) is 13.2 Å². The molecular weight excluding hydrogens is 232 g/mol. The summed E-state index contributed by atoms with van der Waals surface area (Å²) in [6.07, 6.45) is 0.563. The molecular formula is C9H16N2O4S. The number of nitrogens with one attached hydrogen (secondary N) is 1. The van der Waals surface area contributed by atoms with Gasteiger partial charge in [0.25, 0.3) is 0 Å². The third-order valence-electron chi connectivity index (χ3n) is 3.33. The van der Waals surface area contributed by atoms with Gasteiger partial charge in [-0.05, 0) is 18.9 Å². The number of carbonyl (C=O) groups is 1. The average Bonchev–Trinajstić information content (AvgIpc) is 2.74. The Balaban J connectivity index is 2.03. The van der Waals surface area contributed by atoms with Crippen molar-refractivity contribution in [2.24, 2.45) is 5.92 Å². The van der Waals surface area contributed by atoms with Gasteiger partial charge in [0.1, 0.15) is 0 Å². The van der Waals surface area contributed by atoms with Crippen LogP contribution in [-0.4, -0.2) is 55.2 Å². The van der Waals surface area contributed by atoms with E-state index >= 15 is 0 Å². The summed E-state index contributed by atoms with van der Waals surface area (Å²) in [4.78, 5) is 10.4. The van der Waals surface area contributed by atoms with Gasteiger partial charge in [0.15, 0.2) is 0 Å². The second-order valence-corrected chi connectivity index (χ2v) is 6.39. The minimum absolute atomic E-state index is 0.0406. The monoisotopic (exact) mass is 248 g/mol. The minimum atomic E-state index is -3.40. The molecule has 0 aromatic rings. The maximum Gasteiger partial charge on any atom is 0.304 e. The standard InChI is InChI=1S/C9H16N2O4S/c12-9(13)2-4-16(14,15)11-3-1-7-5-10-6-8(7)11/h7-8,10H,1-6H2,(H,12,13)/t7-,8+/m0/s1. The summed E-state index contributed by atoms with van der Waals surface area (Å²) in [5.74, 6) is -0.950. The van der Waals surface area contributed by atoms with Crippen molar-refractivity contribution in [3.63, 3.8) is 0 Å². The molecule has 2 fully saturated rings. The molecule has 0 spiro atoms. The Kier molecular flexibility index (Phi) is 3.18. The van der Waals surface area contributed by atoms with Gasteiger partial charge in [0.05, 0.1) is 12.2 Å². The van der Waals surface area contributed by atoms with Crippen LogP contribution >= 0.6 is 0 Å². The van der Waals surface area contributed by atoms with Crippen molar-refractivity contribution in [1.82, 2.24) is 9.62 Å². The molecule has 92 valence electrons. The van der Waals surface area contributed by atoms with Crippen LogP contribution in [0.1, 0.15) is 12.8 Å². The van der Waals surface area contributed by atoms with Gasteiger partial charge in [-0.2, -0.15) is 4.31 Å². The average molecular weight is 248 g/mol. The largest absolute Gasteiger partial charge is 0.481 e. The van der Waals surface area contributed by atoms with Gasteiger partial charge in [-0.25, -0.2) is 8.42 Å². The zero-order chi connectivity index (χ0) is 11.8. The van der Waals surface area contributed by atoms with E-state index in [0.29, 0.717) is 19.0 Å². The van der Waals surface area contributed by atoms with E-state index in [1.54, 1.807) is 0 Å². The van der Waals surface area contributed by atoms with Gasteiger partial charge in [-0.3, -0.25) is 4.79 Å². The summed E-state index contributed by atoms with van der Waals surface area (Å²) >= 11 is 0. The summed E-state index contributed by atoms with van der Waals surface area (Å²) in [5.41, 5.74) is 0. The fraction of sp³-hybridized carbons (Fsp3) is 0.889. The van der Waals surface area contributed by atoms with Gasteiger partial charge in [0, 0.05) is 19.1 Å². The molecule has 2 aliphatic heterocycles. The van der Waals surface area contributed by atoms with Crippen molar-refractivity contribution in [3.8, 4) is 0 Å². The van der Waals surface area contributed by atoms with Gasteiger partial charge in [0.2, 0.25) is 10.0 Å². The molecule has 0 bridgehead atoms. The van der Waals surface area contributed by atoms with E-state index in [1.807, 2.05) is 0 Å². The Morgan fingerprint density at radius 2 is 2.19 bits per heavy atom. The number of carboxylic acids is 1. The van der Waals surface area contributed by atoms with Crippen molar-refractivity contribution >= 4 is 16.0 Å². The van der Waals surface area contributed by atoms with Crippen LogP contribution in [-0.2, 0) is 14.8 Å². The maximum atomic E-state index is 11.9. The normalized spacial score (nSPS) is 30.5. The van der Waals surface area contributed by atoms with Gasteiger partial charge in [-0.15, -0.1) is 0 Å². The molecule has 0 saturated carbocycles. The van der Waals surface area contributed by atoms with E-state index in [0.717, 1.165) is 13.0 Å². The maximum absolute atomic E-state index is 11.9. The molecule has 2 heterocycles. The summed E-state index contributed by atoms with van der Waals surface area (Å²) in [5, 5.41) is 11.7. The highest BCUT2D eigenvalue weighted by atomic mass is 32.2. The summed E-state index contributed by atoms with van der Waals surface area (Å²) in [6.45, 7) is 2.10. The van der Waals surface area contributed by atoms with E-state index in [2.05, 4.69) is 5.32 Å². The summed E-state index contributed by atoms with van der Waals surface area (Å²) < 4.78 is 25.3. The topological polar surface area (TPSA) is 86.7 Å². The molecule has 2 N–H and O–H groups in total. The number of carboxylic acid groups (broad SMARTS) is 1. The highest BCUT2D eigenvalue weighted by molar-refractivity contribution is 7.89. The Hall–Kier alpha value is -0.660. The zero-order valence-electron chi connectivity index (χ0n) is 8.92. The Morgan fingerprint density at radius 3 is 2.88 bits per heavy atom. The number of sulfonamides is 1. The van der Waals surface area contributed by atoms with Crippen molar-refractivity contribution in [1.29, 1.82) is 0 Å². The molecule has 2 aliphatic rings. The number of hydrogen-bond donors (Lipinski definition) is 2. The third-order valence-corrected chi connectivity index (χ3v) is 5.21. The van der Waals surface area contributed by atoms with Crippen molar-refractivity contribution in [2.45, 2.75) is 18.9 Å². The smallest absolute Gasteiger partial charge is 0.304 e. The van der Waals surface area contributed by atoms with Gasteiger partial charge < -0.3 is 10.4 Å². The van der Waals surface area contributed by atoms with Crippen LogP contribution in [0, 0.1) is 5.92 Å². The van der Waals surface area contributed by atoms with Crippen molar-refractivity contribution in [2.75, 3.05) is 25.4 Å². The highest BCUT2D eigenvalue weighted by Crippen LogP contribution is 2.29. The number of hydrogen-bond acceptors (Lipinski definition) is 4.